The molecule has 16 heteroatoms. The van der Waals surface area contributed by atoms with E-state index in [0.717, 1.165) is 45.0 Å². The smallest absolute Gasteiger partial charge is 0.407 e. The Kier molecular flexibility index (Phi) is 13.5. The fraction of sp³-hybridized carbons (Fsp3) is 0.450. The van der Waals surface area contributed by atoms with Gasteiger partial charge in [0.25, 0.3) is 0 Å². The lowest BCUT2D eigenvalue weighted by Gasteiger charge is -2.34. The number of aromatic nitrogens is 4. The van der Waals surface area contributed by atoms with Crippen molar-refractivity contribution in [2.75, 3.05) is 34.9 Å². The Balaban J connectivity index is 1.26. The molecule has 0 radical (unpaired) electrons. The van der Waals surface area contributed by atoms with Gasteiger partial charge in [0.05, 0.1) is 55.2 Å². The van der Waals surface area contributed by atoms with Crippen LogP contribution in [0.15, 0.2) is 60.9 Å². The highest BCUT2D eigenvalue weighted by atomic mass is 16.5. The van der Waals surface area contributed by atoms with Crippen LogP contribution in [0.4, 0.5) is 9.59 Å². The van der Waals surface area contributed by atoms with Crippen LogP contribution in [-0.2, 0) is 23.8 Å². The third-order valence-electron chi connectivity index (χ3n) is 10.4. The van der Waals surface area contributed by atoms with Gasteiger partial charge in [-0.15, -0.1) is 0 Å². The van der Waals surface area contributed by atoms with Gasteiger partial charge >= 0.3 is 12.2 Å². The Morgan fingerprint density at radius 3 is 1.91 bits per heavy atom. The molecule has 0 saturated carbocycles. The number of methoxy groups -OCH3 is 3. The van der Waals surface area contributed by atoms with E-state index in [-0.39, 0.29) is 17.9 Å². The largest absolute Gasteiger partial charge is 0.465 e. The second kappa shape index (κ2) is 18.3. The number of amides is 4. The summed E-state index contributed by atoms with van der Waals surface area (Å²) in [5.74, 6) is 0.470. The van der Waals surface area contributed by atoms with E-state index < -0.39 is 48.4 Å². The van der Waals surface area contributed by atoms with E-state index in [1.807, 2.05) is 62.4 Å². The van der Waals surface area contributed by atoms with Crippen molar-refractivity contribution in [3.8, 4) is 33.6 Å². The van der Waals surface area contributed by atoms with E-state index in [2.05, 4.69) is 30.6 Å². The van der Waals surface area contributed by atoms with E-state index in [0.29, 0.717) is 24.6 Å². The van der Waals surface area contributed by atoms with Crippen molar-refractivity contribution in [1.29, 1.82) is 0 Å². The van der Waals surface area contributed by atoms with Crippen LogP contribution in [-0.4, -0.2) is 118 Å². The Bertz CT molecular complexity index is 1960. The van der Waals surface area contributed by atoms with Gasteiger partial charge in [0, 0.05) is 27.8 Å². The average Bonchev–Trinajstić information content (AvgIpc) is 4.00. The number of carbonyl (C=O) groups is 4. The maximum Gasteiger partial charge on any atom is 0.407 e. The molecule has 4 aromatic rings. The van der Waals surface area contributed by atoms with Gasteiger partial charge in [-0.05, 0) is 54.9 Å². The molecule has 300 valence electrons. The lowest BCUT2D eigenvalue weighted by atomic mass is 10.0. The first-order valence-electron chi connectivity index (χ1n) is 18.6. The standard InChI is InChI=1S/C40H52N8O8/c1-22(2)32(45-37(49)33(23(3)54-6)46-39(51)56-8)36-42-21-30(44-36)28-17-13-26(14-18-28)25-11-15-27(16-12-25)29-20-41-35(43-29)31-10-9-19-48(31)38(50)34(24(4)55-7)47(5)40(52)53/h11-18,20-24,31-34H,9-10,19H2,1-8H3,(H,41,43)(H,42,44)(H,45,49)(H,46,51)(H,52,53)/t23-,24-,31+,32+,33+,34?/m1/s1. The predicted octanol–water partition coefficient (Wildman–Crippen LogP) is 5.38. The number of likely N-dealkylation sites (N-methyl/N-ethyl adjacent to an activating group) is 1. The van der Waals surface area contributed by atoms with Gasteiger partial charge in [-0.3, -0.25) is 14.5 Å². The summed E-state index contributed by atoms with van der Waals surface area (Å²) in [7, 11) is 5.54. The number of carboxylic acid groups (broad SMARTS) is 1. The normalized spacial score (nSPS) is 16.8. The minimum atomic E-state index is -1.20. The maximum absolute atomic E-state index is 13.7. The Hall–Kier alpha value is -5.74. The molecule has 2 aromatic heterocycles. The number of nitrogens with zero attached hydrogens (tertiary/aromatic N) is 4. The molecule has 2 aromatic carbocycles. The summed E-state index contributed by atoms with van der Waals surface area (Å²) in [6, 6.07) is 13.4. The number of carbonyl (C=O) groups excluding carboxylic acids is 3. The number of ether oxygens (including phenoxy) is 3. The minimum absolute atomic E-state index is 0.0228. The van der Waals surface area contributed by atoms with Crippen LogP contribution in [0.2, 0.25) is 0 Å². The third kappa shape index (κ3) is 9.20. The highest BCUT2D eigenvalue weighted by molar-refractivity contribution is 5.87. The predicted molar refractivity (Wildman–Crippen MR) is 208 cm³/mol. The molecule has 4 amide bonds. The molecule has 0 bridgehead atoms. The third-order valence-corrected chi connectivity index (χ3v) is 10.4. The fourth-order valence-corrected chi connectivity index (χ4v) is 6.90. The first-order valence-corrected chi connectivity index (χ1v) is 18.6. The lowest BCUT2D eigenvalue weighted by Crippen LogP contribution is -2.54. The number of H-pyrrole nitrogens is 2. The van der Waals surface area contributed by atoms with Crippen LogP contribution in [0.5, 0.6) is 0 Å². The Morgan fingerprint density at radius 2 is 1.38 bits per heavy atom. The van der Waals surface area contributed by atoms with Crippen molar-refractivity contribution < 1.29 is 38.5 Å². The van der Waals surface area contributed by atoms with Crippen LogP contribution >= 0.6 is 0 Å². The van der Waals surface area contributed by atoms with Gasteiger partial charge < -0.3 is 44.8 Å². The van der Waals surface area contributed by atoms with Crippen molar-refractivity contribution in [2.45, 2.75) is 76.9 Å². The monoisotopic (exact) mass is 772 g/mol. The molecular weight excluding hydrogens is 720 g/mol. The molecule has 1 aliphatic heterocycles. The first kappa shape index (κ1) is 41.4. The number of benzene rings is 2. The quantitative estimate of drug-likeness (QED) is 0.104. The number of imidazole rings is 2. The highest BCUT2D eigenvalue weighted by Gasteiger charge is 2.41. The van der Waals surface area contributed by atoms with Crippen molar-refractivity contribution in [2.24, 2.45) is 5.92 Å². The molecule has 5 rings (SSSR count). The van der Waals surface area contributed by atoms with Crippen LogP contribution in [0.3, 0.4) is 0 Å². The second-order valence-corrected chi connectivity index (χ2v) is 14.3. The summed E-state index contributed by atoms with van der Waals surface area (Å²) in [4.78, 5) is 69.3. The summed E-state index contributed by atoms with van der Waals surface area (Å²) in [5.41, 5.74) is 5.46. The summed E-state index contributed by atoms with van der Waals surface area (Å²) in [5, 5.41) is 15.2. The van der Waals surface area contributed by atoms with E-state index in [1.54, 1.807) is 31.1 Å². The van der Waals surface area contributed by atoms with Gasteiger partial charge in [0.15, 0.2) is 0 Å². The van der Waals surface area contributed by atoms with Crippen LogP contribution in [0.1, 0.15) is 64.3 Å². The number of hydrogen-bond donors (Lipinski definition) is 5. The summed E-state index contributed by atoms with van der Waals surface area (Å²) in [6.07, 6.45) is 1.80. The summed E-state index contributed by atoms with van der Waals surface area (Å²) >= 11 is 0. The summed E-state index contributed by atoms with van der Waals surface area (Å²) < 4.78 is 15.4. The number of aromatic amines is 2. The molecule has 5 N–H and O–H groups in total. The fourth-order valence-electron chi connectivity index (χ4n) is 6.90. The van der Waals surface area contributed by atoms with Crippen molar-refractivity contribution in [3.05, 3.63) is 72.6 Å². The van der Waals surface area contributed by atoms with Crippen LogP contribution < -0.4 is 10.6 Å². The average molecular weight is 773 g/mol. The van der Waals surface area contributed by atoms with Crippen molar-refractivity contribution >= 4 is 24.0 Å². The number of rotatable bonds is 15. The van der Waals surface area contributed by atoms with Crippen LogP contribution in [0.25, 0.3) is 33.6 Å². The van der Waals surface area contributed by atoms with Gasteiger partial charge in [-0.1, -0.05) is 62.4 Å². The maximum atomic E-state index is 13.7. The van der Waals surface area contributed by atoms with E-state index in [4.69, 9.17) is 14.2 Å². The Labute approximate surface area is 326 Å². The zero-order valence-corrected chi connectivity index (χ0v) is 33.0. The van der Waals surface area contributed by atoms with E-state index >= 15 is 0 Å². The topological polar surface area (TPSA) is 204 Å². The molecule has 16 nitrogen and oxygen atoms in total. The molecule has 1 unspecified atom stereocenters. The zero-order valence-electron chi connectivity index (χ0n) is 33.0. The zero-order chi connectivity index (χ0) is 40.7. The van der Waals surface area contributed by atoms with Crippen molar-refractivity contribution in [1.82, 2.24) is 40.4 Å². The minimum Gasteiger partial charge on any atom is -0.465 e. The number of likely N-dealkylation sites (tertiary alicyclic amines) is 1. The number of nitrogens with one attached hydrogen (secondary N) is 4. The first-order chi connectivity index (χ1) is 26.8. The molecule has 1 fully saturated rings. The van der Waals surface area contributed by atoms with Gasteiger partial charge in [-0.2, -0.15) is 0 Å². The molecule has 3 heterocycles. The van der Waals surface area contributed by atoms with E-state index in [1.165, 1.54) is 28.4 Å². The molecule has 0 aliphatic carbocycles. The molecule has 56 heavy (non-hydrogen) atoms. The second-order valence-electron chi connectivity index (χ2n) is 14.3. The molecule has 1 saturated heterocycles. The highest BCUT2D eigenvalue weighted by Crippen LogP contribution is 2.34. The van der Waals surface area contributed by atoms with Crippen LogP contribution in [0, 0.1) is 5.92 Å². The molecule has 6 atom stereocenters. The SMILES string of the molecule is COC(=O)N[C@H](C(=O)N[C@H](c1ncc(-c2ccc(-c3ccc(-c4cnc([C@@H]5CCCN5C(=O)C([C@@H](C)OC)N(C)C(=O)O)[nH]4)cc3)cc2)[nH]1)C(C)C)[C@@H](C)OC. The number of hydrogen-bond acceptors (Lipinski definition) is 9. The molecule has 0 spiro atoms. The summed E-state index contributed by atoms with van der Waals surface area (Å²) in [6.45, 7) is 7.81. The van der Waals surface area contributed by atoms with Gasteiger partial charge in [-0.25, -0.2) is 19.6 Å². The molecule has 1 aliphatic rings. The van der Waals surface area contributed by atoms with Crippen molar-refractivity contribution in [3.63, 3.8) is 0 Å². The van der Waals surface area contributed by atoms with Gasteiger partial charge in [0.2, 0.25) is 11.8 Å². The molecular formula is C40H52N8O8. The lowest BCUT2D eigenvalue weighted by molar-refractivity contribution is -0.141. The van der Waals surface area contributed by atoms with E-state index in [9.17, 15) is 24.3 Å². The number of alkyl carbamates (subject to hydrolysis) is 1. The van der Waals surface area contributed by atoms with Gasteiger partial charge in [0.1, 0.15) is 23.7 Å². The Morgan fingerprint density at radius 1 is 0.821 bits per heavy atom.